The number of aliphatic hydroxyl groups is 1. The maximum Gasteiger partial charge on any atom is 0.192 e. The Morgan fingerprint density at radius 1 is 0.667 bits per heavy atom. The highest BCUT2D eigenvalue weighted by Crippen LogP contribution is 2.67. The summed E-state index contributed by atoms with van der Waals surface area (Å²) in [6.07, 6.45) is 10.2. The summed E-state index contributed by atoms with van der Waals surface area (Å²) >= 11 is 0. The van der Waals surface area contributed by atoms with Crippen LogP contribution >= 0.6 is 0 Å². The largest absolute Gasteiger partial charge is 0.414 e. The summed E-state index contributed by atoms with van der Waals surface area (Å²) in [6.45, 7) is 28.9. The molecule has 0 aromatic heterocycles. The molecule has 4 aliphatic rings. The fraction of sp³-hybridized carbons (Fsp3) is 1.00. The van der Waals surface area contributed by atoms with Gasteiger partial charge in [-0.05, 0) is 122 Å². The second-order valence-corrected chi connectivity index (χ2v) is 26.6. The Hall–Kier alpha value is 0.314. The third-order valence-corrected chi connectivity index (χ3v) is 22.1. The average Bonchev–Trinajstić information content (AvgIpc) is 3.03. The molecule has 0 aliphatic heterocycles. The van der Waals surface area contributed by atoms with Crippen LogP contribution in [0.3, 0.4) is 0 Å². The van der Waals surface area contributed by atoms with Crippen molar-refractivity contribution in [2.24, 2.45) is 34.5 Å². The average molecular weight is 537 g/mol. The molecule has 0 aromatic carbocycles. The van der Waals surface area contributed by atoms with Crippen LogP contribution in [0.15, 0.2) is 0 Å². The third-order valence-electron chi connectivity index (χ3n) is 13.1. The molecule has 4 rings (SSSR count). The molecule has 5 heteroatoms. The molecule has 4 fully saturated rings. The smallest absolute Gasteiger partial charge is 0.192 e. The number of hydrogen-bond acceptors (Lipinski definition) is 3. The maximum atomic E-state index is 11.7. The van der Waals surface area contributed by atoms with Crippen LogP contribution in [0.2, 0.25) is 36.3 Å². The maximum absolute atomic E-state index is 11.7. The lowest BCUT2D eigenvalue weighted by Crippen LogP contribution is -2.60. The van der Waals surface area contributed by atoms with Crippen LogP contribution in [-0.4, -0.2) is 40.1 Å². The zero-order valence-electron chi connectivity index (χ0n) is 26.0. The van der Waals surface area contributed by atoms with E-state index in [0.717, 1.165) is 18.8 Å². The van der Waals surface area contributed by atoms with Gasteiger partial charge in [0.15, 0.2) is 16.6 Å². The van der Waals surface area contributed by atoms with Gasteiger partial charge in [0.2, 0.25) is 0 Å². The fourth-order valence-corrected chi connectivity index (χ4v) is 11.5. The van der Waals surface area contributed by atoms with Gasteiger partial charge >= 0.3 is 0 Å². The molecule has 0 heterocycles. The quantitative estimate of drug-likeness (QED) is 0.365. The minimum Gasteiger partial charge on any atom is -0.414 e. The van der Waals surface area contributed by atoms with E-state index in [0.29, 0.717) is 30.0 Å². The van der Waals surface area contributed by atoms with E-state index in [1.165, 1.54) is 38.5 Å². The zero-order chi connectivity index (χ0) is 27.1. The molecule has 9 atom stereocenters. The first-order valence-corrected chi connectivity index (χ1v) is 21.1. The van der Waals surface area contributed by atoms with E-state index in [1.54, 1.807) is 0 Å². The van der Waals surface area contributed by atoms with Crippen LogP contribution in [0.5, 0.6) is 0 Å². The molecule has 0 saturated heterocycles. The molecule has 0 spiro atoms. The molecule has 4 saturated carbocycles. The van der Waals surface area contributed by atoms with Gasteiger partial charge in [-0.2, -0.15) is 0 Å². The van der Waals surface area contributed by atoms with Crippen molar-refractivity contribution in [2.45, 2.75) is 161 Å². The summed E-state index contributed by atoms with van der Waals surface area (Å²) < 4.78 is 14.0. The molecule has 0 aromatic rings. The van der Waals surface area contributed by atoms with Crippen molar-refractivity contribution >= 4 is 16.6 Å². The lowest BCUT2D eigenvalue weighted by atomic mass is 9.44. The Kier molecular flexibility index (Phi) is 7.47. The minimum atomic E-state index is -1.79. The molecule has 3 nitrogen and oxygen atoms in total. The van der Waals surface area contributed by atoms with E-state index in [-0.39, 0.29) is 27.0 Å². The summed E-state index contributed by atoms with van der Waals surface area (Å²) in [7, 11) is -3.58. The summed E-state index contributed by atoms with van der Waals surface area (Å²) in [5.74, 6) is 2.52. The van der Waals surface area contributed by atoms with E-state index in [4.69, 9.17) is 8.85 Å². The van der Waals surface area contributed by atoms with Gasteiger partial charge in [-0.25, -0.2) is 0 Å². The van der Waals surface area contributed by atoms with Crippen molar-refractivity contribution < 1.29 is 14.0 Å². The van der Waals surface area contributed by atoms with Crippen molar-refractivity contribution in [1.29, 1.82) is 0 Å². The molecule has 1 unspecified atom stereocenters. The first-order chi connectivity index (χ1) is 16.2. The Labute approximate surface area is 226 Å². The van der Waals surface area contributed by atoms with Crippen molar-refractivity contribution in [3.8, 4) is 0 Å². The van der Waals surface area contributed by atoms with Gasteiger partial charge in [-0.3, -0.25) is 0 Å². The highest BCUT2D eigenvalue weighted by molar-refractivity contribution is 6.74. The van der Waals surface area contributed by atoms with E-state index >= 15 is 0 Å². The third kappa shape index (κ3) is 4.77. The first-order valence-electron chi connectivity index (χ1n) is 15.3. The molecule has 0 bridgehead atoms. The minimum absolute atomic E-state index is 0.176. The lowest BCUT2D eigenvalue weighted by molar-refractivity contribution is -0.172. The van der Waals surface area contributed by atoms with Gasteiger partial charge in [0.1, 0.15) is 0 Å². The second-order valence-electron chi connectivity index (χ2n) is 17.1. The lowest BCUT2D eigenvalue weighted by Gasteiger charge is -2.62. The van der Waals surface area contributed by atoms with Crippen LogP contribution in [0.4, 0.5) is 0 Å². The molecule has 0 radical (unpaired) electrons. The van der Waals surface area contributed by atoms with Crippen molar-refractivity contribution in [3.63, 3.8) is 0 Å². The molecular weight excluding hydrogens is 477 g/mol. The number of rotatable bonds is 4. The highest BCUT2D eigenvalue weighted by atomic mass is 28.4. The van der Waals surface area contributed by atoms with Crippen LogP contribution < -0.4 is 0 Å². The Morgan fingerprint density at radius 2 is 1.19 bits per heavy atom. The topological polar surface area (TPSA) is 38.7 Å². The van der Waals surface area contributed by atoms with Gasteiger partial charge in [0.25, 0.3) is 0 Å². The van der Waals surface area contributed by atoms with Crippen LogP contribution in [-0.2, 0) is 8.85 Å². The Morgan fingerprint density at radius 3 is 1.78 bits per heavy atom. The van der Waals surface area contributed by atoms with Gasteiger partial charge in [-0.1, -0.05) is 55.4 Å². The molecule has 36 heavy (non-hydrogen) atoms. The number of hydrogen-bond donors (Lipinski definition) is 1. The molecule has 4 aliphatic carbocycles. The second kappa shape index (κ2) is 9.18. The standard InChI is InChI=1S/C31H60O3Si2/c1-28(2,3)35(9,10)33-21-15-17-30(7)24-16-18-31(8)23(22(24)20-26(32)25(30)19-21)13-14-27(31)34-36(11,12)29(4,5)6/h21-27,32H,13-20H2,1-12H3/t21-,22-,23-,24-,25?,26-,27-,30+,31-/m0/s1. The van der Waals surface area contributed by atoms with Crippen molar-refractivity contribution in [2.75, 3.05) is 0 Å². The highest BCUT2D eigenvalue weighted by Gasteiger charge is 2.63. The van der Waals surface area contributed by atoms with Crippen molar-refractivity contribution in [3.05, 3.63) is 0 Å². The fourth-order valence-electron chi connectivity index (χ4n) is 8.64. The monoisotopic (exact) mass is 536 g/mol. The molecule has 1 N–H and O–H groups in total. The van der Waals surface area contributed by atoms with Gasteiger partial charge in [0.05, 0.1) is 12.2 Å². The Balaban J connectivity index is 1.51. The van der Waals surface area contributed by atoms with Crippen molar-refractivity contribution in [1.82, 2.24) is 0 Å². The van der Waals surface area contributed by atoms with Crippen LogP contribution in [0, 0.1) is 34.5 Å². The summed E-state index contributed by atoms with van der Waals surface area (Å²) in [5, 5.41) is 12.2. The zero-order valence-corrected chi connectivity index (χ0v) is 28.0. The molecule has 0 amide bonds. The summed E-state index contributed by atoms with van der Waals surface area (Å²) in [4.78, 5) is 0. The Bertz CT molecular complexity index is 812. The van der Waals surface area contributed by atoms with Gasteiger partial charge < -0.3 is 14.0 Å². The predicted octanol–water partition coefficient (Wildman–Crippen LogP) is 8.78. The predicted molar refractivity (Wildman–Crippen MR) is 157 cm³/mol. The van der Waals surface area contributed by atoms with E-state index < -0.39 is 16.6 Å². The summed E-state index contributed by atoms with van der Waals surface area (Å²) in [5.41, 5.74) is 0.539. The normalized spacial score (nSPS) is 44.1. The van der Waals surface area contributed by atoms with Crippen LogP contribution in [0.1, 0.15) is 107 Å². The van der Waals surface area contributed by atoms with E-state index in [9.17, 15) is 5.11 Å². The van der Waals surface area contributed by atoms with E-state index in [2.05, 4.69) is 81.6 Å². The SMILES string of the molecule is CC(C)(C)[Si](C)(C)O[C@H]1CC[C@@]2(C)C(C1)[C@@H](O)C[C@H]1[C@@H]3CC[C@H](O[Si](C)(C)C(C)(C)C)[C@@]3(C)CC[C@@H]12. The number of fused-ring (bicyclic) bond motifs is 5. The molecule has 210 valence electrons. The van der Waals surface area contributed by atoms with Gasteiger partial charge in [0, 0.05) is 6.10 Å². The van der Waals surface area contributed by atoms with Crippen LogP contribution in [0.25, 0.3) is 0 Å². The first kappa shape index (κ1) is 29.3. The van der Waals surface area contributed by atoms with Gasteiger partial charge in [-0.15, -0.1) is 0 Å². The number of aliphatic hydroxyl groups excluding tert-OH is 1. The molecular formula is C31H60O3Si2. The summed E-state index contributed by atoms with van der Waals surface area (Å²) in [6, 6.07) is 0. The van der Waals surface area contributed by atoms with E-state index in [1.807, 2.05) is 0 Å².